The van der Waals surface area contributed by atoms with Gasteiger partial charge in [0, 0.05) is 12.3 Å². The summed E-state index contributed by atoms with van der Waals surface area (Å²) in [5.74, 6) is 3.70. The second-order valence-corrected chi connectivity index (χ2v) is 18.7. The van der Waals surface area contributed by atoms with Crippen LogP contribution >= 0.6 is 0 Å². The van der Waals surface area contributed by atoms with E-state index in [2.05, 4.69) is 27.7 Å². The maximum absolute atomic E-state index is 11.1. The third-order valence-corrected chi connectivity index (χ3v) is 16.1. The predicted octanol–water partition coefficient (Wildman–Crippen LogP) is 2.47. The summed E-state index contributed by atoms with van der Waals surface area (Å²) in [6.45, 7) is 11.7. The van der Waals surface area contributed by atoms with E-state index >= 15 is 0 Å². The zero-order chi connectivity index (χ0) is 36.2. The maximum atomic E-state index is 11.1. The van der Waals surface area contributed by atoms with Gasteiger partial charge in [0.05, 0.1) is 31.5 Å². The molecule has 8 rings (SSSR count). The molecule has 12 heteroatoms. The molecule has 4 saturated carbocycles. The van der Waals surface area contributed by atoms with Crippen LogP contribution in [0.5, 0.6) is 0 Å². The van der Waals surface area contributed by atoms with E-state index in [4.69, 9.17) is 28.4 Å². The highest BCUT2D eigenvalue weighted by atomic mass is 16.8. The number of aliphatic hydroxyl groups excluding tert-OH is 6. The van der Waals surface area contributed by atoms with Crippen molar-refractivity contribution in [2.24, 2.45) is 52.3 Å². The molecule has 0 aromatic rings. The fourth-order valence-electron chi connectivity index (χ4n) is 13.1. The summed E-state index contributed by atoms with van der Waals surface area (Å²) in [6.07, 6.45) is -2.17. The van der Waals surface area contributed by atoms with Crippen LogP contribution in [0.4, 0.5) is 0 Å². The summed E-state index contributed by atoms with van der Waals surface area (Å²) in [6, 6.07) is 0. The average molecular weight is 725 g/mol. The maximum Gasteiger partial charge on any atom is 0.187 e. The Balaban J connectivity index is 0.934. The minimum Gasteiger partial charge on any atom is -0.394 e. The lowest BCUT2D eigenvalue weighted by Gasteiger charge is -2.61. The van der Waals surface area contributed by atoms with Crippen molar-refractivity contribution in [3.8, 4) is 0 Å². The van der Waals surface area contributed by atoms with Crippen molar-refractivity contribution in [2.45, 2.75) is 178 Å². The van der Waals surface area contributed by atoms with Crippen molar-refractivity contribution in [2.75, 3.05) is 13.2 Å². The number of hydrogen-bond donors (Lipinski definition) is 6. The number of hydrogen-bond acceptors (Lipinski definition) is 12. The van der Waals surface area contributed by atoms with E-state index < -0.39 is 68.0 Å². The van der Waals surface area contributed by atoms with Crippen LogP contribution in [-0.4, -0.2) is 123 Å². The predicted molar refractivity (Wildman–Crippen MR) is 182 cm³/mol. The minimum absolute atomic E-state index is 0.150. The second kappa shape index (κ2) is 13.6. The quantitative estimate of drug-likeness (QED) is 0.229. The van der Waals surface area contributed by atoms with Crippen LogP contribution in [0.25, 0.3) is 0 Å². The molecule has 51 heavy (non-hydrogen) atoms. The molecule has 22 unspecified atom stereocenters. The Kier molecular flexibility index (Phi) is 10.00. The van der Waals surface area contributed by atoms with Gasteiger partial charge in [0.25, 0.3) is 0 Å². The van der Waals surface area contributed by atoms with E-state index in [9.17, 15) is 30.6 Å². The van der Waals surface area contributed by atoms with Gasteiger partial charge in [-0.1, -0.05) is 27.7 Å². The molecule has 0 aromatic heterocycles. The van der Waals surface area contributed by atoms with E-state index in [1.807, 2.05) is 0 Å². The van der Waals surface area contributed by atoms with Gasteiger partial charge in [-0.05, 0) is 111 Å². The van der Waals surface area contributed by atoms with Crippen molar-refractivity contribution in [3.63, 3.8) is 0 Å². The normalized spacial score (nSPS) is 59.9. The first kappa shape index (κ1) is 37.4. The van der Waals surface area contributed by atoms with Gasteiger partial charge in [0.1, 0.15) is 42.7 Å². The Morgan fingerprint density at radius 3 is 2.20 bits per heavy atom. The monoisotopic (exact) mass is 724 g/mol. The van der Waals surface area contributed by atoms with Gasteiger partial charge >= 0.3 is 0 Å². The van der Waals surface area contributed by atoms with Gasteiger partial charge in [-0.25, -0.2) is 0 Å². The molecular weight excluding hydrogens is 660 g/mol. The molecule has 1 spiro atoms. The molecule has 292 valence electrons. The van der Waals surface area contributed by atoms with Crippen LogP contribution in [-0.2, 0) is 28.4 Å². The third-order valence-electron chi connectivity index (χ3n) is 16.1. The lowest BCUT2D eigenvalue weighted by atomic mass is 9.44. The van der Waals surface area contributed by atoms with E-state index in [0.717, 1.165) is 45.1 Å². The molecule has 0 aromatic carbocycles. The fraction of sp³-hybridized carbons (Fsp3) is 1.00. The zero-order valence-corrected chi connectivity index (χ0v) is 31.1. The largest absolute Gasteiger partial charge is 0.394 e. The lowest BCUT2D eigenvalue weighted by Crippen LogP contribution is -2.64. The number of rotatable bonds is 5. The first-order valence-electron chi connectivity index (χ1n) is 20.2. The van der Waals surface area contributed by atoms with Crippen LogP contribution in [0.1, 0.15) is 98.8 Å². The summed E-state index contributed by atoms with van der Waals surface area (Å²) in [7, 11) is 0. The number of ether oxygens (including phenoxy) is 6. The van der Waals surface area contributed by atoms with Crippen molar-refractivity contribution >= 4 is 0 Å². The van der Waals surface area contributed by atoms with Crippen LogP contribution in [0.15, 0.2) is 0 Å². The fourth-order valence-corrected chi connectivity index (χ4v) is 13.1. The summed E-state index contributed by atoms with van der Waals surface area (Å²) in [5.41, 5.74) is 0.488. The average Bonchev–Trinajstić information content (AvgIpc) is 3.56. The Hall–Kier alpha value is -0.480. The molecule has 4 aliphatic carbocycles. The Morgan fingerprint density at radius 1 is 0.706 bits per heavy atom. The SMILES string of the molecule is CC1CCC2(OC1)OC1CC3C4CCC5CC(OC6OC(C)C(O)C(O)C6OC6OC(CO)C(O)C(O)C6O)CCC5(C)C4CCC3(C)C1C2C. The molecule has 8 aliphatic rings. The molecule has 22 atom stereocenters. The van der Waals surface area contributed by atoms with Crippen LogP contribution in [0.3, 0.4) is 0 Å². The summed E-state index contributed by atoms with van der Waals surface area (Å²) in [5, 5.41) is 62.7. The first-order valence-corrected chi connectivity index (χ1v) is 20.2. The third kappa shape index (κ3) is 5.91. The van der Waals surface area contributed by atoms with Crippen molar-refractivity contribution in [1.29, 1.82) is 0 Å². The van der Waals surface area contributed by atoms with Crippen molar-refractivity contribution in [1.82, 2.24) is 0 Å². The van der Waals surface area contributed by atoms with E-state index in [1.54, 1.807) is 6.92 Å². The standard InChI is InChI=1S/C39H64O12/c1-18-8-13-39(46-17-18)19(2)28-26(51-39)15-25-23-7-6-21-14-22(9-11-37(21,4)24(23)10-12-38(25,28)5)48-36-34(32(44)29(41)20(3)47-36)50-35-33(45)31(43)30(42)27(16-40)49-35/h18-36,40-45H,6-17H2,1-5H3. The molecule has 0 bridgehead atoms. The van der Waals surface area contributed by atoms with E-state index in [1.165, 1.54) is 25.7 Å². The van der Waals surface area contributed by atoms with Gasteiger partial charge < -0.3 is 59.1 Å². The van der Waals surface area contributed by atoms with E-state index in [-0.39, 0.29) is 22.7 Å². The Bertz CT molecular complexity index is 1240. The Labute approximate surface area is 302 Å². The van der Waals surface area contributed by atoms with E-state index in [0.29, 0.717) is 47.5 Å². The number of fused-ring (bicyclic) bond motifs is 7. The topological polar surface area (TPSA) is 177 Å². The van der Waals surface area contributed by atoms with Gasteiger partial charge in [-0.15, -0.1) is 0 Å². The van der Waals surface area contributed by atoms with Gasteiger partial charge in [0.15, 0.2) is 18.4 Å². The van der Waals surface area contributed by atoms with Crippen LogP contribution in [0, 0.1) is 52.3 Å². The smallest absolute Gasteiger partial charge is 0.187 e. The van der Waals surface area contributed by atoms with Gasteiger partial charge in [0.2, 0.25) is 0 Å². The summed E-state index contributed by atoms with van der Waals surface area (Å²) in [4.78, 5) is 0. The molecule has 0 radical (unpaired) electrons. The highest BCUT2D eigenvalue weighted by molar-refractivity contribution is 5.15. The highest BCUT2D eigenvalue weighted by Gasteiger charge is 2.69. The highest BCUT2D eigenvalue weighted by Crippen LogP contribution is 2.71. The number of aliphatic hydroxyl groups is 6. The first-order chi connectivity index (χ1) is 24.2. The molecule has 4 aliphatic heterocycles. The van der Waals surface area contributed by atoms with Crippen molar-refractivity contribution in [3.05, 3.63) is 0 Å². The second-order valence-electron chi connectivity index (χ2n) is 18.7. The molecule has 0 amide bonds. The van der Waals surface area contributed by atoms with Crippen LogP contribution < -0.4 is 0 Å². The lowest BCUT2D eigenvalue weighted by molar-refractivity contribution is -0.370. The Morgan fingerprint density at radius 2 is 1.47 bits per heavy atom. The minimum atomic E-state index is -1.66. The molecule has 4 saturated heterocycles. The molecule has 4 heterocycles. The molecule has 12 nitrogen and oxygen atoms in total. The summed E-state index contributed by atoms with van der Waals surface area (Å²) >= 11 is 0. The van der Waals surface area contributed by atoms with Crippen molar-refractivity contribution < 1.29 is 59.1 Å². The van der Waals surface area contributed by atoms with Gasteiger partial charge in [-0.3, -0.25) is 0 Å². The van der Waals surface area contributed by atoms with Crippen LogP contribution in [0.2, 0.25) is 0 Å². The molecule has 6 N–H and O–H groups in total. The van der Waals surface area contributed by atoms with Gasteiger partial charge in [-0.2, -0.15) is 0 Å². The molecule has 8 fully saturated rings. The summed E-state index contributed by atoms with van der Waals surface area (Å²) < 4.78 is 37.7. The zero-order valence-electron chi connectivity index (χ0n) is 31.1. The molecular formula is C39H64O12.